The predicted octanol–water partition coefficient (Wildman–Crippen LogP) is 3.33. The molecule has 0 bridgehead atoms. The Balaban J connectivity index is 2.21. The second-order valence-electron chi connectivity index (χ2n) is 6.43. The van der Waals surface area contributed by atoms with Crippen molar-refractivity contribution in [1.29, 1.82) is 0 Å². The number of alkyl carbamates (subject to hydrolysis) is 1. The van der Waals surface area contributed by atoms with Gasteiger partial charge in [0, 0.05) is 28.8 Å². The average molecular weight is 341 g/mol. The highest BCUT2D eigenvalue weighted by atomic mass is 16.6. The number of aryl methyl sites for hydroxylation is 1. The molecule has 2 rings (SSSR count). The van der Waals surface area contributed by atoms with Crippen molar-refractivity contribution in [2.75, 3.05) is 6.54 Å². The lowest BCUT2D eigenvalue weighted by molar-refractivity contribution is -0.385. The highest BCUT2D eigenvalue weighted by molar-refractivity contribution is 5.87. The van der Waals surface area contributed by atoms with Crippen molar-refractivity contribution in [1.82, 2.24) is 10.3 Å². The molecule has 0 saturated heterocycles. The molecule has 1 amide bonds. The monoisotopic (exact) mass is 341 g/mol. The molecule has 1 aromatic heterocycles. The zero-order valence-corrected chi connectivity index (χ0v) is 14.5. The minimum atomic E-state index is -0.574. The fraction of sp³-hybridized carbons (Fsp3) is 0.333. The first-order valence-corrected chi connectivity index (χ1v) is 7.67. The smallest absolute Gasteiger partial charge is 0.408 e. The summed E-state index contributed by atoms with van der Waals surface area (Å²) < 4.78 is 5.11. The quantitative estimate of drug-likeness (QED) is 0.514. The van der Waals surface area contributed by atoms with Crippen molar-refractivity contribution in [2.45, 2.75) is 33.3 Å². The van der Waals surface area contributed by atoms with Gasteiger partial charge in [-0.05, 0) is 39.8 Å². The lowest BCUT2D eigenvalue weighted by Crippen LogP contribution is -2.32. The highest BCUT2D eigenvalue weighted by Crippen LogP contribution is 2.26. The molecule has 7 nitrogen and oxygen atoms in total. The maximum absolute atomic E-state index is 11.6. The summed E-state index contributed by atoms with van der Waals surface area (Å²) in [4.78, 5) is 26.5. The van der Waals surface area contributed by atoms with E-state index in [-0.39, 0.29) is 12.2 Å². The van der Waals surface area contributed by atoms with Gasteiger partial charge in [0.05, 0.1) is 17.0 Å². The highest BCUT2D eigenvalue weighted by Gasteiger charge is 2.15. The average Bonchev–Trinajstić information content (AvgIpc) is 2.48. The van der Waals surface area contributed by atoms with Crippen LogP contribution >= 0.6 is 0 Å². The number of carbonyl (C=O) groups excluding carboxylic acids is 1. The number of carbonyl (C=O) groups is 1. The molecule has 0 spiro atoms. The minimum absolute atomic E-state index is 0.0235. The minimum Gasteiger partial charge on any atom is -0.444 e. The fourth-order valence-corrected chi connectivity index (χ4v) is 2.16. The van der Waals surface area contributed by atoms with Crippen molar-refractivity contribution >= 4 is 22.7 Å². The molecule has 130 valence electrons. The number of fused-ring (bicyclic) bond motifs is 1. The molecule has 2 aromatic rings. The second kappa shape index (κ2) is 7.18. The van der Waals surface area contributed by atoms with E-state index >= 15 is 0 Å². The van der Waals surface area contributed by atoms with Crippen LogP contribution in [0.4, 0.5) is 10.5 Å². The van der Waals surface area contributed by atoms with Gasteiger partial charge in [-0.3, -0.25) is 15.1 Å². The number of nitro benzene ring substituents is 1. The van der Waals surface area contributed by atoms with Crippen LogP contribution in [0.15, 0.2) is 24.4 Å². The lowest BCUT2D eigenvalue weighted by atomic mass is 10.1. The molecule has 0 aliphatic heterocycles. The van der Waals surface area contributed by atoms with Crippen molar-refractivity contribution in [3.8, 4) is 11.8 Å². The molecular formula is C18H19N3O4. The third-order valence-electron chi connectivity index (χ3n) is 3.20. The predicted molar refractivity (Wildman–Crippen MR) is 94.2 cm³/mol. The number of amides is 1. The Hall–Kier alpha value is -3.14. The standard InChI is InChI=1S/C18H19N3O4/c1-12-10-15-14(11-16(12)21(23)24)13(7-9-19-15)6-5-8-20-17(22)25-18(2,3)4/h7,9-11H,8H2,1-4H3,(H,20,22). The van der Waals surface area contributed by atoms with Gasteiger partial charge in [-0.15, -0.1) is 0 Å². The van der Waals surface area contributed by atoms with E-state index in [1.54, 1.807) is 46.0 Å². The first-order chi connectivity index (χ1) is 11.7. The molecule has 0 aliphatic rings. The number of ether oxygens (including phenoxy) is 1. The first kappa shape index (κ1) is 18.2. The molecular weight excluding hydrogens is 322 g/mol. The summed E-state index contributed by atoms with van der Waals surface area (Å²) in [5.74, 6) is 5.72. The van der Waals surface area contributed by atoms with Crippen LogP contribution in [0.1, 0.15) is 31.9 Å². The van der Waals surface area contributed by atoms with Crippen LogP contribution in [-0.2, 0) is 4.74 Å². The SMILES string of the molecule is Cc1cc2nccc(C#CCNC(=O)OC(C)(C)C)c2cc1[N+](=O)[O-]. The van der Waals surface area contributed by atoms with Gasteiger partial charge in [-0.1, -0.05) is 11.8 Å². The number of nitro groups is 1. The topological polar surface area (TPSA) is 94.4 Å². The summed E-state index contributed by atoms with van der Waals surface area (Å²) in [5, 5.41) is 14.3. The van der Waals surface area contributed by atoms with E-state index in [0.29, 0.717) is 22.0 Å². The van der Waals surface area contributed by atoms with Crippen LogP contribution in [0.2, 0.25) is 0 Å². The molecule has 25 heavy (non-hydrogen) atoms. The third-order valence-corrected chi connectivity index (χ3v) is 3.20. The van der Waals surface area contributed by atoms with Crippen molar-refractivity contribution < 1.29 is 14.5 Å². The summed E-state index contributed by atoms with van der Waals surface area (Å²) in [6, 6.07) is 4.82. The third kappa shape index (κ3) is 4.91. The number of pyridine rings is 1. The van der Waals surface area contributed by atoms with E-state index in [4.69, 9.17) is 4.74 Å². The van der Waals surface area contributed by atoms with Crippen LogP contribution < -0.4 is 5.32 Å². The van der Waals surface area contributed by atoms with E-state index in [1.165, 1.54) is 6.07 Å². The summed E-state index contributed by atoms with van der Waals surface area (Å²) in [6.45, 7) is 7.10. The van der Waals surface area contributed by atoms with Gasteiger partial charge in [0.15, 0.2) is 0 Å². The van der Waals surface area contributed by atoms with Gasteiger partial charge in [0.2, 0.25) is 0 Å². The molecule has 0 atom stereocenters. The van der Waals surface area contributed by atoms with E-state index in [0.717, 1.165) is 0 Å². The van der Waals surface area contributed by atoms with Crippen LogP contribution in [0.3, 0.4) is 0 Å². The Morgan fingerprint density at radius 3 is 2.76 bits per heavy atom. The second-order valence-corrected chi connectivity index (χ2v) is 6.43. The van der Waals surface area contributed by atoms with E-state index in [9.17, 15) is 14.9 Å². The Morgan fingerprint density at radius 2 is 2.12 bits per heavy atom. The maximum atomic E-state index is 11.6. The molecule has 0 fully saturated rings. The summed E-state index contributed by atoms with van der Waals surface area (Å²) in [7, 11) is 0. The lowest BCUT2D eigenvalue weighted by Gasteiger charge is -2.19. The molecule has 7 heteroatoms. The van der Waals surface area contributed by atoms with Crippen LogP contribution in [-0.4, -0.2) is 28.1 Å². The van der Waals surface area contributed by atoms with Gasteiger partial charge >= 0.3 is 6.09 Å². The molecule has 0 unspecified atom stereocenters. The Kier molecular flexibility index (Phi) is 5.22. The van der Waals surface area contributed by atoms with Crippen molar-refractivity contribution in [3.63, 3.8) is 0 Å². The van der Waals surface area contributed by atoms with Gasteiger partial charge in [0.1, 0.15) is 5.60 Å². The van der Waals surface area contributed by atoms with Crippen molar-refractivity contribution in [3.05, 3.63) is 45.6 Å². The van der Waals surface area contributed by atoms with E-state index in [1.807, 2.05) is 0 Å². The molecule has 0 aliphatic carbocycles. The normalized spacial score (nSPS) is 10.7. The number of aromatic nitrogens is 1. The Morgan fingerprint density at radius 1 is 1.40 bits per heavy atom. The Labute approximate surface area is 145 Å². The largest absolute Gasteiger partial charge is 0.444 e. The molecule has 1 heterocycles. The number of nitrogens with zero attached hydrogens (tertiary/aromatic N) is 2. The maximum Gasteiger partial charge on any atom is 0.408 e. The molecule has 0 radical (unpaired) electrons. The van der Waals surface area contributed by atoms with E-state index in [2.05, 4.69) is 22.1 Å². The van der Waals surface area contributed by atoms with Gasteiger partial charge in [0.25, 0.3) is 5.69 Å². The van der Waals surface area contributed by atoms with Crippen LogP contribution in [0.25, 0.3) is 10.9 Å². The number of hydrogen-bond acceptors (Lipinski definition) is 5. The molecule has 1 aromatic carbocycles. The van der Waals surface area contributed by atoms with Crippen LogP contribution in [0, 0.1) is 28.9 Å². The molecule has 1 N–H and O–H groups in total. The number of rotatable bonds is 2. The zero-order chi connectivity index (χ0) is 18.6. The van der Waals surface area contributed by atoms with Crippen LogP contribution in [0.5, 0.6) is 0 Å². The number of nitrogens with one attached hydrogen (secondary N) is 1. The number of benzene rings is 1. The zero-order valence-electron chi connectivity index (χ0n) is 14.5. The number of hydrogen-bond donors (Lipinski definition) is 1. The van der Waals surface area contributed by atoms with Gasteiger partial charge in [-0.25, -0.2) is 4.79 Å². The first-order valence-electron chi connectivity index (χ1n) is 7.67. The van der Waals surface area contributed by atoms with Crippen molar-refractivity contribution in [2.24, 2.45) is 0 Å². The summed E-state index contributed by atoms with van der Waals surface area (Å²) >= 11 is 0. The van der Waals surface area contributed by atoms with E-state index < -0.39 is 16.6 Å². The fourth-order valence-electron chi connectivity index (χ4n) is 2.16. The van der Waals surface area contributed by atoms with Gasteiger partial charge in [-0.2, -0.15) is 0 Å². The summed E-state index contributed by atoms with van der Waals surface area (Å²) in [5.41, 5.74) is 1.24. The Bertz CT molecular complexity index is 889. The molecule has 0 saturated carbocycles. The van der Waals surface area contributed by atoms with Gasteiger partial charge < -0.3 is 10.1 Å². The summed E-state index contributed by atoms with van der Waals surface area (Å²) in [6.07, 6.45) is 1.05.